The standard InChI is InChI=1S/C7H8FNO4S/c1-9-5(7(10)13-2)3-4-6(9)14(8,11)12/h3-4H,1-2H3. The highest BCUT2D eigenvalue weighted by molar-refractivity contribution is 7.86. The van der Waals surface area contributed by atoms with Gasteiger partial charge in [-0.2, -0.15) is 8.42 Å². The molecular formula is C7H8FNO4S. The van der Waals surface area contributed by atoms with Crippen molar-refractivity contribution >= 4 is 16.2 Å². The van der Waals surface area contributed by atoms with E-state index in [-0.39, 0.29) is 5.69 Å². The monoisotopic (exact) mass is 221 g/mol. The fourth-order valence-electron chi connectivity index (χ4n) is 1.05. The Balaban J connectivity index is 3.29. The summed E-state index contributed by atoms with van der Waals surface area (Å²) in [5.74, 6) is -0.720. The van der Waals surface area contributed by atoms with Gasteiger partial charge in [-0.15, -0.1) is 0 Å². The zero-order chi connectivity index (χ0) is 10.9. The first-order valence-electron chi connectivity index (χ1n) is 3.56. The molecule has 7 heteroatoms. The van der Waals surface area contributed by atoms with Crippen molar-refractivity contribution in [3.63, 3.8) is 0 Å². The molecule has 0 radical (unpaired) electrons. The van der Waals surface area contributed by atoms with Crippen molar-refractivity contribution in [2.45, 2.75) is 5.03 Å². The van der Waals surface area contributed by atoms with Gasteiger partial charge in [-0.1, -0.05) is 3.89 Å². The van der Waals surface area contributed by atoms with Gasteiger partial charge < -0.3 is 9.30 Å². The van der Waals surface area contributed by atoms with Crippen LogP contribution >= 0.6 is 0 Å². The van der Waals surface area contributed by atoms with E-state index in [2.05, 4.69) is 4.74 Å². The van der Waals surface area contributed by atoms with Crippen molar-refractivity contribution in [1.82, 2.24) is 4.57 Å². The molecule has 0 N–H and O–H groups in total. The zero-order valence-corrected chi connectivity index (χ0v) is 8.34. The van der Waals surface area contributed by atoms with E-state index in [1.165, 1.54) is 13.1 Å². The number of nitrogens with zero attached hydrogens (tertiary/aromatic N) is 1. The van der Waals surface area contributed by atoms with Crippen molar-refractivity contribution in [2.75, 3.05) is 7.11 Å². The minimum atomic E-state index is -4.80. The van der Waals surface area contributed by atoms with Crippen LogP contribution < -0.4 is 0 Å². The summed E-state index contributed by atoms with van der Waals surface area (Å²) in [6.45, 7) is 0. The zero-order valence-electron chi connectivity index (χ0n) is 7.52. The Bertz CT molecular complexity index is 462. The van der Waals surface area contributed by atoms with Gasteiger partial charge in [-0.3, -0.25) is 0 Å². The molecule has 14 heavy (non-hydrogen) atoms. The number of rotatable bonds is 2. The largest absolute Gasteiger partial charge is 0.464 e. The van der Waals surface area contributed by atoms with Crippen molar-refractivity contribution < 1.29 is 21.8 Å². The Labute approximate surface area is 80.3 Å². The summed E-state index contributed by atoms with van der Waals surface area (Å²) in [6, 6.07) is 2.18. The van der Waals surface area contributed by atoms with Crippen LogP contribution in [0.25, 0.3) is 0 Å². The molecule has 0 unspecified atom stereocenters. The molecule has 78 valence electrons. The lowest BCUT2D eigenvalue weighted by Crippen LogP contribution is -2.10. The van der Waals surface area contributed by atoms with Crippen LogP contribution in [0.2, 0.25) is 0 Å². The molecule has 0 aromatic carbocycles. The van der Waals surface area contributed by atoms with Crippen LogP contribution in [0.1, 0.15) is 10.5 Å². The Morgan fingerprint density at radius 2 is 2.07 bits per heavy atom. The van der Waals surface area contributed by atoms with E-state index < -0.39 is 21.2 Å². The molecule has 0 aliphatic rings. The number of aromatic nitrogens is 1. The lowest BCUT2D eigenvalue weighted by atomic mass is 10.4. The molecule has 0 saturated carbocycles. The van der Waals surface area contributed by atoms with Gasteiger partial charge in [0.15, 0.2) is 5.03 Å². The molecule has 0 fully saturated rings. The van der Waals surface area contributed by atoms with Gasteiger partial charge in [0.05, 0.1) is 7.11 Å². The van der Waals surface area contributed by atoms with E-state index in [1.54, 1.807) is 0 Å². The number of carbonyl (C=O) groups is 1. The average molecular weight is 221 g/mol. The van der Waals surface area contributed by atoms with Crippen LogP contribution in [0.15, 0.2) is 17.2 Å². The second-order valence-corrected chi connectivity index (χ2v) is 3.84. The highest BCUT2D eigenvalue weighted by atomic mass is 32.3. The topological polar surface area (TPSA) is 65.4 Å². The Kier molecular flexibility index (Phi) is 2.61. The molecule has 1 heterocycles. The first kappa shape index (κ1) is 10.7. The summed E-state index contributed by atoms with van der Waals surface area (Å²) < 4.78 is 38.9. The van der Waals surface area contributed by atoms with Crippen LogP contribution in [0, 0.1) is 0 Å². The molecule has 5 nitrogen and oxygen atoms in total. The maximum Gasteiger partial charge on any atom is 0.354 e. The maximum absolute atomic E-state index is 12.6. The number of methoxy groups -OCH3 is 1. The first-order valence-corrected chi connectivity index (χ1v) is 4.95. The smallest absolute Gasteiger partial charge is 0.354 e. The van der Waals surface area contributed by atoms with Crippen LogP contribution in [-0.4, -0.2) is 26.1 Å². The number of carbonyl (C=O) groups excluding carboxylic acids is 1. The first-order chi connectivity index (χ1) is 6.38. The van der Waals surface area contributed by atoms with Crippen molar-refractivity contribution in [3.8, 4) is 0 Å². The van der Waals surface area contributed by atoms with E-state index in [9.17, 15) is 17.1 Å². The quantitative estimate of drug-likeness (QED) is 0.538. The van der Waals surface area contributed by atoms with E-state index in [0.717, 1.165) is 17.7 Å². The maximum atomic E-state index is 12.6. The summed E-state index contributed by atoms with van der Waals surface area (Å²) in [6.07, 6.45) is 0. The van der Waals surface area contributed by atoms with E-state index >= 15 is 0 Å². The fraction of sp³-hybridized carbons (Fsp3) is 0.286. The lowest BCUT2D eigenvalue weighted by Gasteiger charge is -2.02. The van der Waals surface area contributed by atoms with Gasteiger partial charge in [0.1, 0.15) is 5.69 Å². The molecule has 0 aliphatic heterocycles. The fourth-order valence-corrected chi connectivity index (χ4v) is 1.70. The highest BCUT2D eigenvalue weighted by Crippen LogP contribution is 2.15. The number of esters is 1. The molecule has 1 rings (SSSR count). The van der Waals surface area contributed by atoms with Crippen molar-refractivity contribution in [3.05, 3.63) is 17.8 Å². The van der Waals surface area contributed by atoms with Crippen LogP contribution in [0.4, 0.5) is 3.89 Å². The number of halogens is 1. The molecule has 0 bridgehead atoms. The minimum absolute atomic E-state index is 0.0243. The summed E-state index contributed by atoms with van der Waals surface area (Å²) >= 11 is 0. The van der Waals surface area contributed by atoms with Gasteiger partial charge in [0.2, 0.25) is 0 Å². The highest BCUT2D eigenvalue weighted by Gasteiger charge is 2.21. The Morgan fingerprint density at radius 1 is 1.50 bits per heavy atom. The Morgan fingerprint density at radius 3 is 2.43 bits per heavy atom. The molecule has 0 saturated heterocycles. The molecule has 0 aliphatic carbocycles. The SMILES string of the molecule is COC(=O)c1ccc(S(=O)(=O)F)n1C. The average Bonchev–Trinajstić information content (AvgIpc) is 2.45. The summed E-state index contributed by atoms with van der Waals surface area (Å²) in [5, 5.41) is -0.571. The van der Waals surface area contributed by atoms with Crippen molar-refractivity contribution in [2.24, 2.45) is 7.05 Å². The van der Waals surface area contributed by atoms with Crippen LogP contribution in [0.3, 0.4) is 0 Å². The van der Waals surface area contributed by atoms with Gasteiger partial charge in [0, 0.05) is 7.05 Å². The molecule has 0 atom stereocenters. The molecule has 1 aromatic rings. The van der Waals surface area contributed by atoms with Crippen LogP contribution in [0.5, 0.6) is 0 Å². The van der Waals surface area contributed by atoms with E-state index in [1.807, 2.05) is 0 Å². The lowest BCUT2D eigenvalue weighted by molar-refractivity contribution is 0.0589. The molecule has 0 spiro atoms. The van der Waals surface area contributed by atoms with Crippen molar-refractivity contribution in [1.29, 1.82) is 0 Å². The summed E-state index contributed by atoms with van der Waals surface area (Å²) in [5.41, 5.74) is -0.0243. The van der Waals surface area contributed by atoms with E-state index in [4.69, 9.17) is 0 Å². The predicted octanol–water partition coefficient (Wildman–Crippen LogP) is 0.470. The van der Waals surface area contributed by atoms with Gasteiger partial charge in [0.25, 0.3) is 0 Å². The van der Waals surface area contributed by atoms with Gasteiger partial charge in [-0.25, -0.2) is 4.79 Å². The van der Waals surface area contributed by atoms with Gasteiger partial charge in [-0.05, 0) is 12.1 Å². The Hall–Kier alpha value is -1.37. The molecule has 0 amide bonds. The predicted molar refractivity (Wildman–Crippen MR) is 45.0 cm³/mol. The second kappa shape index (κ2) is 3.41. The third kappa shape index (κ3) is 1.77. The second-order valence-electron chi connectivity index (χ2n) is 2.55. The molecular weight excluding hydrogens is 213 g/mol. The normalized spacial score (nSPS) is 11.4. The number of hydrogen-bond donors (Lipinski definition) is 0. The third-order valence-corrected chi connectivity index (χ3v) is 2.63. The van der Waals surface area contributed by atoms with E-state index in [0.29, 0.717) is 0 Å². The van der Waals surface area contributed by atoms with Crippen LogP contribution in [-0.2, 0) is 22.0 Å². The summed E-state index contributed by atoms with van der Waals surface area (Å²) in [7, 11) is -2.38. The summed E-state index contributed by atoms with van der Waals surface area (Å²) in [4.78, 5) is 11.0. The number of ether oxygens (including phenoxy) is 1. The molecule has 1 aromatic heterocycles. The number of hydrogen-bond acceptors (Lipinski definition) is 4. The minimum Gasteiger partial charge on any atom is -0.464 e. The van der Waals surface area contributed by atoms with Gasteiger partial charge >= 0.3 is 16.2 Å². The third-order valence-electron chi connectivity index (χ3n) is 1.72.